The molecule has 19 heavy (non-hydrogen) atoms. The summed E-state index contributed by atoms with van der Waals surface area (Å²) in [5.41, 5.74) is 3.92. The molecule has 3 amide bonds. The molecule has 0 bridgehead atoms. The molecule has 0 saturated heterocycles. The summed E-state index contributed by atoms with van der Waals surface area (Å²) in [6.07, 6.45) is -1.04. The molecule has 1 aliphatic rings. The fraction of sp³-hybridized carbons (Fsp3) is 0.200. The van der Waals surface area contributed by atoms with Crippen LogP contribution in [-0.2, 0) is 4.79 Å². The number of amides is 3. The second-order valence-corrected chi connectivity index (χ2v) is 3.80. The lowest BCUT2D eigenvalue weighted by atomic mass is 10.1. The molecule has 1 heterocycles. The van der Waals surface area contributed by atoms with Crippen LogP contribution in [0.4, 0.5) is 20.6 Å². The van der Waals surface area contributed by atoms with E-state index in [4.69, 9.17) is 10.5 Å². The van der Waals surface area contributed by atoms with Crippen molar-refractivity contribution in [2.24, 2.45) is 5.73 Å². The number of imide groups is 1. The highest BCUT2D eigenvalue weighted by atomic mass is 19.1. The first-order valence-electron chi connectivity index (χ1n) is 5.11. The summed E-state index contributed by atoms with van der Waals surface area (Å²) in [6.45, 7) is 1.35. The summed E-state index contributed by atoms with van der Waals surface area (Å²) in [5.74, 6) is -2.07. The zero-order chi connectivity index (χ0) is 14.3. The van der Waals surface area contributed by atoms with Gasteiger partial charge in [0, 0.05) is 12.1 Å². The number of rotatable bonds is 1. The molecule has 1 aliphatic heterocycles. The van der Waals surface area contributed by atoms with Crippen LogP contribution < -0.4 is 15.4 Å². The highest BCUT2D eigenvalue weighted by Crippen LogP contribution is 2.38. The minimum Gasteiger partial charge on any atom is -0.479 e. The van der Waals surface area contributed by atoms with Crippen molar-refractivity contribution in [1.82, 2.24) is 0 Å². The summed E-state index contributed by atoms with van der Waals surface area (Å²) >= 11 is 0. The van der Waals surface area contributed by atoms with Crippen LogP contribution in [0, 0.1) is 15.9 Å². The number of anilines is 1. The maximum atomic E-state index is 13.4. The van der Waals surface area contributed by atoms with Gasteiger partial charge in [0.2, 0.25) is 5.82 Å². The largest absolute Gasteiger partial charge is 0.479 e. The average Bonchev–Trinajstić information content (AvgIpc) is 2.29. The first-order valence-corrected chi connectivity index (χ1v) is 5.11. The molecule has 0 aromatic heterocycles. The second kappa shape index (κ2) is 4.19. The van der Waals surface area contributed by atoms with E-state index in [1.807, 2.05) is 0 Å². The maximum absolute atomic E-state index is 13.4. The number of nitro benzene ring substituents is 1. The third kappa shape index (κ3) is 1.94. The number of carbonyl (C=O) groups excluding carboxylic acids is 2. The van der Waals surface area contributed by atoms with Gasteiger partial charge in [-0.1, -0.05) is 0 Å². The fourth-order valence-corrected chi connectivity index (χ4v) is 1.71. The van der Waals surface area contributed by atoms with Crippen LogP contribution >= 0.6 is 0 Å². The third-order valence-corrected chi connectivity index (χ3v) is 2.56. The molecule has 1 atom stereocenters. The zero-order valence-corrected chi connectivity index (χ0v) is 9.62. The van der Waals surface area contributed by atoms with E-state index in [9.17, 15) is 24.1 Å². The minimum atomic E-state index is -1.13. The Balaban J connectivity index is 2.66. The second-order valence-electron chi connectivity index (χ2n) is 3.80. The number of urea groups is 1. The lowest BCUT2D eigenvalue weighted by molar-refractivity contribution is -0.387. The molecule has 1 aromatic rings. The number of primary amides is 1. The number of nitrogens with two attached hydrogens (primary N) is 1. The fourth-order valence-electron chi connectivity index (χ4n) is 1.71. The molecule has 0 aliphatic carbocycles. The van der Waals surface area contributed by atoms with Crippen molar-refractivity contribution >= 4 is 23.3 Å². The van der Waals surface area contributed by atoms with Crippen molar-refractivity contribution < 1.29 is 23.6 Å². The molecule has 0 spiro atoms. The van der Waals surface area contributed by atoms with Crippen molar-refractivity contribution in [1.29, 1.82) is 0 Å². The normalized spacial score (nSPS) is 17.7. The monoisotopic (exact) mass is 269 g/mol. The standard InChI is InChI=1S/C10H8FN3O5/c1-4-9(15)13(10(12)16)7-3-6(14(17)18)5(11)2-8(7)19-4/h2-4H,1H3,(H2,12,16). The lowest BCUT2D eigenvalue weighted by Crippen LogP contribution is -2.50. The van der Waals surface area contributed by atoms with Gasteiger partial charge in [0.25, 0.3) is 5.91 Å². The van der Waals surface area contributed by atoms with Crippen LogP contribution in [-0.4, -0.2) is 23.0 Å². The SMILES string of the molecule is CC1Oc2cc(F)c([N+](=O)[O-])cc2N(C(N)=O)C1=O. The van der Waals surface area contributed by atoms with Crippen LogP contribution in [0.25, 0.3) is 0 Å². The minimum absolute atomic E-state index is 0.158. The van der Waals surface area contributed by atoms with Gasteiger partial charge in [0.15, 0.2) is 6.10 Å². The lowest BCUT2D eigenvalue weighted by Gasteiger charge is -2.30. The van der Waals surface area contributed by atoms with E-state index in [0.29, 0.717) is 4.90 Å². The predicted octanol–water partition coefficient (Wildman–Crippen LogP) is 0.926. The van der Waals surface area contributed by atoms with Crippen molar-refractivity contribution in [2.45, 2.75) is 13.0 Å². The quantitative estimate of drug-likeness (QED) is 0.601. The van der Waals surface area contributed by atoms with E-state index >= 15 is 0 Å². The number of hydrogen-bond donors (Lipinski definition) is 1. The van der Waals surface area contributed by atoms with Crippen molar-refractivity contribution in [3.05, 3.63) is 28.1 Å². The Bertz CT molecular complexity index is 603. The predicted molar refractivity (Wildman–Crippen MR) is 60.2 cm³/mol. The smallest absolute Gasteiger partial charge is 0.326 e. The molecule has 2 rings (SSSR count). The molecule has 8 nitrogen and oxygen atoms in total. The van der Waals surface area contributed by atoms with Gasteiger partial charge >= 0.3 is 11.7 Å². The van der Waals surface area contributed by atoms with Crippen molar-refractivity contribution in [2.75, 3.05) is 4.90 Å². The van der Waals surface area contributed by atoms with E-state index in [1.54, 1.807) is 0 Å². The highest BCUT2D eigenvalue weighted by Gasteiger charge is 2.37. The molecule has 1 aromatic carbocycles. The molecule has 1 unspecified atom stereocenters. The van der Waals surface area contributed by atoms with Gasteiger partial charge in [-0.25, -0.2) is 9.69 Å². The summed E-state index contributed by atoms with van der Waals surface area (Å²) in [7, 11) is 0. The molecular formula is C10H8FN3O5. The average molecular weight is 269 g/mol. The Morgan fingerprint density at radius 2 is 2.21 bits per heavy atom. The van der Waals surface area contributed by atoms with Gasteiger partial charge in [-0.2, -0.15) is 4.39 Å². The summed E-state index contributed by atoms with van der Waals surface area (Å²) in [5, 5.41) is 10.6. The number of fused-ring (bicyclic) bond motifs is 1. The number of benzene rings is 1. The number of nitrogens with zero attached hydrogens (tertiary/aromatic N) is 2. The number of carbonyl (C=O) groups is 2. The number of halogens is 1. The topological polar surface area (TPSA) is 116 Å². The first kappa shape index (κ1) is 12.7. The van der Waals surface area contributed by atoms with Gasteiger partial charge in [0.05, 0.1) is 4.92 Å². The van der Waals surface area contributed by atoms with Gasteiger partial charge in [-0.15, -0.1) is 0 Å². The Kier molecular flexibility index (Phi) is 2.81. The highest BCUT2D eigenvalue weighted by molar-refractivity contribution is 6.17. The molecular weight excluding hydrogens is 261 g/mol. The van der Waals surface area contributed by atoms with Crippen LogP contribution in [0.2, 0.25) is 0 Å². The molecule has 100 valence electrons. The summed E-state index contributed by atoms with van der Waals surface area (Å²) in [4.78, 5) is 33.2. The van der Waals surface area contributed by atoms with E-state index < -0.39 is 34.5 Å². The van der Waals surface area contributed by atoms with E-state index in [0.717, 1.165) is 12.1 Å². The van der Waals surface area contributed by atoms with Crippen LogP contribution in [0.15, 0.2) is 12.1 Å². The van der Waals surface area contributed by atoms with Crippen molar-refractivity contribution in [3.8, 4) is 5.75 Å². The van der Waals surface area contributed by atoms with Crippen molar-refractivity contribution in [3.63, 3.8) is 0 Å². The van der Waals surface area contributed by atoms with E-state index in [-0.39, 0.29) is 11.4 Å². The zero-order valence-electron chi connectivity index (χ0n) is 9.62. The van der Waals surface area contributed by atoms with Gasteiger partial charge < -0.3 is 10.5 Å². The van der Waals surface area contributed by atoms with E-state index in [1.165, 1.54) is 6.92 Å². The maximum Gasteiger partial charge on any atom is 0.326 e. The summed E-state index contributed by atoms with van der Waals surface area (Å²) in [6, 6.07) is 0.355. The first-order chi connectivity index (χ1) is 8.82. The van der Waals surface area contributed by atoms with Crippen LogP contribution in [0.1, 0.15) is 6.92 Å². The third-order valence-electron chi connectivity index (χ3n) is 2.56. The van der Waals surface area contributed by atoms with Crippen LogP contribution in [0.3, 0.4) is 0 Å². The number of ether oxygens (including phenoxy) is 1. The van der Waals surface area contributed by atoms with Crippen LogP contribution in [0.5, 0.6) is 5.75 Å². The molecule has 0 radical (unpaired) electrons. The molecule has 0 saturated carbocycles. The summed E-state index contributed by atoms with van der Waals surface area (Å²) < 4.78 is 18.5. The Morgan fingerprint density at radius 1 is 1.58 bits per heavy atom. The number of nitro groups is 1. The van der Waals surface area contributed by atoms with Gasteiger partial charge in [0.1, 0.15) is 11.4 Å². The molecule has 9 heteroatoms. The Hall–Kier alpha value is -2.71. The number of hydrogen-bond acceptors (Lipinski definition) is 5. The van der Waals surface area contributed by atoms with Gasteiger partial charge in [-0.3, -0.25) is 14.9 Å². The Labute approximate surface area is 105 Å². The molecule has 2 N–H and O–H groups in total. The van der Waals surface area contributed by atoms with Gasteiger partial charge in [-0.05, 0) is 6.92 Å². The Morgan fingerprint density at radius 3 is 2.74 bits per heavy atom. The van der Waals surface area contributed by atoms with E-state index in [2.05, 4.69) is 0 Å². The molecule has 0 fully saturated rings.